The van der Waals surface area contributed by atoms with Crippen LogP contribution in [0.4, 0.5) is 0 Å². The van der Waals surface area contributed by atoms with Crippen molar-refractivity contribution < 1.29 is 14.1 Å². The molecule has 0 aliphatic rings. The monoisotopic (exact) mass is 318 g/mol. The highest BCUT2D eigenvalue weighted by Crippen LogP contribution is 2.26. The van der Waals surface area contributed by atoms with Gasteiger partial charge in [-0.2, -0.15) is 0 Å². The van der Waals surface area contributed by atoms with Crippen LogP contribution in [0.25, 0.3) is 0 Å². The van der Waals surface area contributed by atoms with E-state index in [0.29, 0.717) is 0 Å². The largest absolute Gasteiger partial charge is 0.452 e. The molecule has 120 valence electrons. The van der Waals surface area contributed by atoms with Crippen molar-refractivity contribution in [1.29, 1.82) is 0 Å². The molecular weight excluding hydrogens is 298 g/mol. The molecule has 3 nitrogen and oxygen atoms in total. The summed E-state index contributed by atoms with van der Waals surface area (Å²) in [4.78, 5) is 12.4. The van der Waals surface area contributed by atoms with Crippen molar-refractivity contribution in [3.8, 4) is 0 Å². The first-order valence-electron chi connectivity index (χ1n) is 7.96. The summed E-state index contributed by atoms with van der Waals surface area (Å²) < 4.78 is 7.75. The van der Waals surface area contributed by atoms with Crippen LogP contribution in [0, 0.1) is 0 Å². The van der Waals surface area contributed by atoms with Crippen LogP contribution in [0.1, 0.15) is 22.8 Å². The summed E-state index contributed by atoms with van der Waals surface area (Å²) in [7, 11) is 1.95. The molecule has 3 aromatic rings. The Morgan fingerprint density at radius 1 is 0.875 bits per heavy atom. The Balaban J connectivity index is 1.79. The van der Waals surface area contributed by atoms with Gasteiger partial charge in [0.15, 0.2) is 18.5 Å². The van der Waals surface area contributed by atoms with E-state index >= 15 is 0 Å². The molecule has 0 aliphatic carbocycles. The number of benzene rings is 2. The van der Waals surface area contributed by atoms with E-state index in [2.05, 4.69) is 0 Å². The van der Waals surface area contributed by atoms with E-state index in [9.17, 15) is 4.79 Å². The van der Waals surface area contributed by atoms with Crippen molar-refractivity contribution >= 4 is 5.97 Å². The normalized spacial score (nSPS) is 10.6. The molecule has 0 atom stereocenters. The van der Waals surface area contributed by atoms with Crippen LogP contribution in [0.2, 0.25) is 0 Å². The molecule has 0 saturated heterocycles. The molecule has 0 amide bonds. The molecule has 3 heteroatoms. The minimum atomic E-state index is -0.389. The standard InChI is InChI=1S/C21H20NO2/c1-22-14-12-17(13-15-22)16-20(23)24-21(18-8-4-2-5-9-18)19-10-6-3-7-11-19/h2-15,21H,16H2,1H3/q+1. The minimum Gasteiger partial charge on any atom is -0.452 e. The number of esters is 1. The Hall–Kier alpha value is -2.94. The molecule has 1 aromatic heterocycles. The fourth-order valence-corrected chi connectivity index (χ4v) is 2.57. The second-order valence-corrected chi connectivity index (χ2v) is 5.74. The fraction of sp³-hybridized carbons (Fsp3) is 0.143. The van der Waals surface area contributed by atoms with Crippen LogP contribution in [0.15, 0.2) is 85.2 Å². The third kappa shape index (κ3) is 4.07. The van der Waals surface area contributed by atoms with Crippen LogP contribution in [0.5, 0.6) is 0 Å². The van der Waals surface area contributed by atoms with Crippen LogP contribution in [-0.2, 0) is 23.0 Å². The maximum atomic E-state index is 12.4. The van der Waals surface area contributed by atoms with E-state index < -0.39 is 0 Å². The lowest BCUT2D eigenvalue weighted by Crippen LogP contribution is -2.26. The molecule has 0 spiro atoms. The first-order chi connectivity index (χ1) is 11.7. The molecule has 0 unspecified atom stereocenters. The van der Waals surface area contributed by atoms with E-state index in [1.54, 1.807) is 0 Å². The number of aromatic nitrogens is 1. The molecule has 0 bridgehead atoms. The van der Waals surface area contributed by atoms with Gasteiger partial charge in [0.05, 0.1) is 6.42 Å². The predicted octanol–water partition coefficient (Wildman–Crippen LogP) is 3.39. The summed E-state index contributed by atoms with van der Waals surface area (Å²) in [5, 5.41) is 0. The van der Waals surface area contributed by atoms with E-state index in [4.69, 9.17) is 4.74 Å². The van der Waals surface area contributed by atoms with Gasteiger partial charge in [-0.1, -0.05) is 60.7 Å². The van der Waals surface area contributed by atoms with Crippen LogP contribution < -0.4 is 4.57 Å². The lowest BCUT2D eigenvalue weighted by Gasteiger charge is -2.19. The second kappa shape index (κ2) is 7.55. The summed E-state index contributed by atoms with van der Waals surface area (Å²) in [6.45, 7) is 0. The van der Waals surface area contributed by atoms with E-state index in [-0.39, 0.29) is 18.5 Å². The van der Waals surface area contributed by atoms with E-state index in [1.807, 2.05) is 96.8 Å². The zero-order valence-corrected chi connectivity index (χ0v) is 13.6. The first kappa shape index (κ1) is 15.9. The maximum Gasteiger partial charge on any atom is 0.311 e. The average molecular weight is 318 g/mol. The quantitative estimate of drug-likeness (QED) is 0.533. The van der Waals surface area contributed by atoms with Crippen molar-refractivity contribution in [1.82, 2.24) is 0 Å². The topological polar surface area (TPSA) is 30.2 Å². The van der Waals surface area contributed by atoms with Gasteiger partial charge in [-0.05, 0) is 16.7 Å². The van der Waals surface area contributed by atoms with Crippen LogP contribution in [-0.4, -0.2) is 5.97 Å². The van der Waals surface area contributed by atoms with Gasteiger partial charge in [0.25, 0.3) is 0 Å². The van der Waals surface area contributed by atoms with Crippen molar-refractivity contribution in [3.63, 3.8) is 0 Å². The SMILES string of the molecule is C[n+]1ccc(CC(=O)OC(c2ccccc2)c2ccccc2)cc1. The predicted molar refractivity (Wildman–Crippen MR) is 92.1 cm³/mol. The molecule has 1 heterocycles. The van der Waals surface area contributed by atoms with E-state index in [1.165, 1.54) is 0 Å². The van der Waals surface area contributed by atoms with Crippen molar-refractivity contribution in [2.45, 2.75) is 12.5 Å². The lowest BCUT2D eigenvalue weighted by atomic mass is 10.0. The number of nitrogens with zero attached hydrogens (tertiary/aromatic N) is 1. The number of carbonyl (C=O) groups excluding carboxylic acids is 1. The molecule has 0 radical (unpaired) electrons. The Morgan fingerprint density at radius 3 is 1.88 bits per heavy atom. The number of hydrogen-bond acceptors (Lipinski definition) is 2. The Kier molecular flexibility index (Phi) is 5.02. The second-order valence-electron chi connectivity index (χ2n) is 5.74. The van der Waals surface area contributed by atoms with Gasteiger partial charge < -0.3 is 4.74 Å². The minimum absolute atomic E-state index is 0.235. The Bertz CT molecular complexity index is 744. The maximum absolute atomic E-state index is 12.4. The van der Waals surface area contributed by atoms with Gasteiger partial charge in [-0.25, -0.2) is 4.57 Å². The van der Waals surface area contributed by atoms with Gasteiger partial charge in [-0.15, -0.1) is 0 Å². The highest BCUT2D eigenvalue weighted by Gasteiger charge is 2.19. The highest BCUT2D eigenvalue weighted by atomic mass is 16.5. The van der Waals surface area contributed by atoms with Gasteiger partial charge in [0, 0.05) is 12.1 Å². The number of carbonyl (C=O) groups is 1. The third-order valence-electron chi connectivity index (χ3n) is 3.85. The van der Waals surface area contributed by atoms with Crippen molar-refractivity contribution in [2.24, 2.45) is 7.05 Å². The fourth-order valence-electron chi connectivity index (χ4n) is 2.57. The van der Waals surface area contributed by atoms with Gasteiger partial charge >= 0.3 is 5.97 Å². The Morgan fingerprint density at radius 2 is 1.38 bits per heavy atom. The highest BCUT2D eigenvalue weighted by molar-refractivity contribution is 5.73. The molecular formula is C21H20NO2+. The van der Waals surface area contributed by atoms with Gasteiger partial charge in [0.1, 0.15) is 7.05 Å². The zero-order chi connectivity index (χ0) is 16.8. The number of pyridine rings is 1. The number of rotatable bonds is 5. The summed E-state index contributed by atoms with van der Waals surface area (Å²) in [5.41, 5.74) is 2.88. The van der Waals surface area contributed by atoms with Crippen molar-refractivity contribution in [2.75, 3.05) is 0 Å². The van der Waals surface area contributed by atoms with Crippen LogP contribution >= 0.6 is 0 Å². The molecule has 0 saturated carbocycles. The molecule has 3 rings (SSSR count). The summed E-state index contributed by atoms with van der Waals surface area (Å²) in [5.74, 6) is -0.235. The third-order valence-corrected chi connectivity index (χ3v) is 3.85. The first-order valence-corrected chi connectivity index (χ1v) is 7.96. The zero-order valence-electron chi connectivity index (χ0n) is 13.6. The van der Waals surface area contributed by atoms with E-state index in [0.717, 1.165) is 16.7 Å². The van der Waals surface area contributed by atoms with Gasteiger partial charge in [-0.3, -0.25) is 4.79 Å². The number of aryl methyl sites for hydroxylation is 1. The molecule has 0 aliphatic heterocycles. The number of ether oxygens (including phenoxy) is 1. The molecule has 0 fully saturated rings. The summed E-state index contributed by atoms with van der Waals surface area (Å²) in [6, 6.07) is 23.5. The molecule has 24 heavy (non-hydrogen) atoms. The summed E-state index contributed by atoms with van der Waals surface area (Å²) in [6.07, 6.45) is 3.72. The van der Waals surface area contributed by atoms with Gasteiger partial charge in [0.2, 0.25) is 0 Å². The smallest absolute Gasteiger partial charge is 0.311 e. The molecule has 0 N–H and O–H groups in total. The van der Waals surface area contributed by atoms with Crippen LogP contribution in [0.3, 0.4) is 0 Å². The lowest BCUT2D eigenvalue weighted by molar-refractivity contribution is -0.671. The average Bonchev–Trinajstić information content (AvgIpc) is 2.63. The number of hydrogen-bond donors (Lipinski definition) is 0. The Labute approximate surface area is 142 Å². The molecule has 2 aromatic carbocycles. The summed E-state index contributed by atoms with van der Waals surface area (Å²) >= 11 is 0. The van der Waals surface area contributed by atoms with Crippen molar-refractivity contribution in [3.05, 3.63) is 102 Å².